The van der Waals surface area contributed by atoms with Crippen molar-refractivity contribution in [2.45, 2.75) is 26.3 Å². The summed E-state index contributed by atoms with van der Waals surface area (Å²) in [7, 11) is 0. The Morgan fingerprint density at radius 1 is 1.24 bits per heavy atom. The van der Waals surface area contributed by atoms with Gasteiger partial charge in [0.2, 0.25) is 0 Å². The molecule has 2 heterocycles. The van der Waals surface area contributed by atoms with Gasteiger partial charge in [0.25, 0.3) is 0 Å². The normalized spacial score (nSPS) is 16.4. The smallest absolute Gasteiger partial charge is 0.324 e. The van der Waals surface area contributed by atoms with Crippen LogP contribution in [0, 0.1) is 0 Å². The Balaban J connectivity index is 1.60. The highest BCUT2D eigenvalue weighted by atomic mass is 16.3. The number of fused-ring (bicyclic) bond motifs is 1. The molecular formula is C18H21N3O4. The summed E-state index contributed by atoms with van der Waals surface area (Å²) >= 11 is 0. The van der Waals surface area contributed by atoms with E-state index in [1.165, 1.54) is 4.90 Å². The SMILES string of the molecule is CCN1CCN(C(=O)N[C@@H](C)Cc2cc3ccccc3o2)C(=O)C1=O. The molecule has 1 aliphatic rings. The molecule has 7 heteroatoms. The van der Waals surface area contributed by atoms with Gasteiger partial charge in [0.05, 0.1) is 0 Å². The van der Waals surface area contributed by atoms with Crippen LogP contribution in [-0.4, -0.2) is 53.3 Å². The Morgan fingerprint density at radius 2 is 2.00 bits per heavy atom. The van der Waals surface area contributed by atoms with Gasteiger partial charge < -0.3 is 14.6 Å². The number of benzene rings is 1. The average Bonchev–Trinajstić information content (AvgIpc) is 2.99. The molecule has 1 aliphatic heterocycles. The second kappa shape index (κ2) is 6.96. The summed E-state index contributed by atoms with van der Waals surface area (Å²) in [6, 6.07) is 8.85. The zero-order valence-corrected chi connectivity index (χ0v) is 14.3. The Kier molecular flexibility index (Phi) is 4.74. The van der Waals surface area contributed by atoms with E-state index in [0.29, 0.717) is 19.5 Å². The lowest BCUT2D eigenvalue weighted by molar-refractivity contribution is -0.153. The number of urea groups is 1. The monoisotopic (exact) mass is 343 g/mol. The summed E-state index contributed by atoms with van der Waals surface area (Å²) in [5.74, 6) is -0.650. The first-order valence-corrected chi connectivity index (χ1v) is 8.38. The summed E-state index contributed by atoms with van der Waals surface area (Å²) < 4.78 is 5.74. The predicted molar refractivity (Wildman–Crippen MR) is 91.9 cm³/mol. The van der Waals surface area contributed by atoms with Crippen molar-refractivity contribution in [2.24, 2.45) is 0 Å². The fourth-order valence-corrected chi connectivity index (χ4v) is 2.95. The number of nitrogens with zero attached hydrogens (tertiary/aromatic N) is 2. The highest BCUT2D eigenvalue weighted by Crippen LogP contribution is 2.19. The molecule has 0 aliphatic carbocycles. The molecule has 25 heavy (non-hydrogen) atoms. The Hall–Kier alpha value is -2.83. The number of hydrogen-bond acceptors (Lipinski definition) is 4. The van der Waals surface area contributed by atoms with E-state index in [-0.39, 0.29) is 12.6 Å². The van der Waals surface area contributed by atoms with E-state index < -0.39 is 17.8 Å². The lowest BCUT2D eigenvalue weighted by Gasteiger charge is -2.32. The molecule has 1 aromatic heterocycles. The lowest BCUT2D eigenvalue weighted by Crippen LogP contribution is -2.59. The molecule has 132 valence electrons. The molecule has 0 saturated carbocycles. The minimum absolute atomic E-state index is 0.210. The molecule has 1 saturated heterocycles. The molecule has 1 N–H and O–H groups in total. The molecule has 2 aromatic rings. The number of rotatable bonds is 4. The topological polar surface area (TPSA) is 82.9 Å². The third-order valence-electron chi connectivity index (χ3n) is 4.29. The third kappa shape index (κ3) is 3.50. The minimum Gasteiger partial charge on any atom is -0.461 e. The molecule has 1 atom stereocenters. The van der Waals surface area contributed by atoms with Crippen LogP contribution in [0.25, 0.3) is 11.0 Å². The quantitative estimate of drug-likeness (QED) is 0.858. The molecule has 1 aromatic carbocycles. The van der Waals surface area contributed by atoms with Gasteiger partial charge in [-0.2, -0.15) is 0 Å². The van der Waals surface area contributed by atoms with Gasteiger partial charge in [-0.05, 0) is 26.0 Å². The maximum Gasteiger partial charge on any atom is 0.324 e. The van der Waals surface area contributed by atoms with Gasteiger partial charge in [-0.25, -0.2) is 4.79 Å². The lowest BCUT2D eigenvalue weighted by atomic mass is 10.2. The van der Waals surface area contributed by atoms with E-state index in [1.807, 2.05) is 37.3 Å². The van der Waals surface area contributed by atoms with Crippen molar-refractivity contribution in [1.29, 1.82) is 0 Å². The largest absolute Gasteiger partial charge is 0.461 e. The van der Waals surface area contributed by atoms with Gasteiger partial charge in [0.15, 0.2) is 0 Å². The molecule has 0 bridgehead atoms. The molecule has 3 rings (SSSR count). The van der Waals surface area contributed by atoms with Crippen LogP contribution in [0.3, 0.4) is 0 Å². The molecular weight excluding hydrogens is 322 g/mol. The van der Waals surface area contributed by atoms with Gasteiger partial charge >= 0.3 is 17.8 Å². The van der Waals surface area contributed by atoms with Crippen LogP contribution in [0.15, 0.2) is 34.7 Å². The number of piperazine rings is 1. The summed E-state index contributed by atoms with van der Waals surface area (Å²) in [6.45, 7) is 4.67. The van der Waals surface area contributed by atoms with E-state index in [0.717, 1.165) is 21.6 Å². The van der Waals surface area contributed by atoms with Crippen molar-refractivity contribution in [1.82, 2.24) is 15.1 Å². The minimum atomic E-state index is -0.776. The Labute approximate surface area is 145 Å². The van der Waals surface area contributed by atoms with Crippen molar-refractivity contribution >= 4 is 28.8 Å². The van der Waals surface area contributed by atoms with Crippen LogP contribution >= 0.6 is 0 Å². The fourth-order valence-electron chi connectivity index (χ4n) is 2.95. The van der Waals surface area contributed by atoms with Crippen LogP contribution in [0.4, 0.5) is 4.79 Å². The first kappa shape index (κ1) is 17.0. The van der Waals surface area contributed by atoms with Gasteiger partial charge in [-0.15, -0.1) is 0 Å². The van der Waals surface area contributed by atoms with Crippen molar-refractivity contribution in [3.8, 4) is 0 Å². The van der Waals surface area contributed by atoms with E-state index in [9.17, 15) is 14.4 Å². The van der Waals surface area contributed by atoms with Crippen LogP contribution in [0.5, 0.6) is 0 Å². The second-order valence-electron chi connectivity index (χ2n) is 6.15. The molecule has 7 nitrogen and oxygen atoms in total. The third-order valence-corrected chi connectivity index (χ3v) is 4.29. The first-order chi connectivity index (χ1) is 12.0. The van der Waals surface area contributed by atoms with Gasteiger partial charge in [-0.3, -0.25) is 14.5 Å². The Bertz CT molecular complexity index is 781. The number of carbonyl (C=O) groups excluding carboxylic acids is 3. The summed E-state index contributed by atoms with van der Waals surface area (Å²) in [5, 5.41) is 3.77. The Morgan fingerprint density at radius 3 is 2.72 bits per heavy atom. The number of amides is 4. The fraction of sp³-hybridized carbons (Fsp3) is 0.389. The van der Waals surface area contributed by atoms with Gasteiger partial charge in [0, 0.05) is 37.5 Å². The van der Waals surface area contributed by atoms with Crippen LogP contribution in [0.1, 0.15) is 19.6 Å². The average molecular weight is 343 g/mol. The van der Waals surface area contributed by atoms with Gasteiger partial charge in [0.1, 0.15) is 11.3 Å². The van der Waals surface area contributed by atoms with E-state index in [1.54, 1.807) is 6.92 Å². The van der Waals surface area contributed by atoms with Crippen molar-refractivity contribution < 1.29 is 18.8 Å². The number of nitrogens with one attached hydrogen (secondary N) is 1. The molecule has 1 fully saturated rings. The molecule has 0 spiro atoms. The highest BCUT2D eigenvalue weighted by Gasteiger charge is 2.35. The number of carbonyl (C=O) groups is 3. The zero-order valence-electron chi connectivity index (χ0n) is 14.3. The maximum atomic E-state index is 12.3. The number of imide groups is 1. The number of hydrogen-bond donors (Lipinski definition) is 1. The van der Waals surface area contributed by atoms with Gasteiger partial charge in [-0.1, -0.05) is 18.2 Å². The van der Waals surface area contributed by atoms with Crippen LogP contribution in [0.2, 0.25) is 0 Å². The molecule has 4 amide bonds. The van der Waals surface area contributed by atoms with Crippen molar-refractivity contribution in [3.05, 3.63) is 36.1 Å². The molecule has 0 unspecified atom stereocenters. The van der Waals surface area contributed by atoms with Crippen LogP contribution < -0.4 is 5.32 Å². The zero-order chi connectivity index (χ0) is 18.0. The maximum absolute atomic E-state index is 12.3. The summed E-state index contributed by atoms with van der Waals surface area (Å²) in [5.41, 5.74) is 0.799. The van der Waals surface area contributed by atoms with E-state index in [2.05, 4.69) is 5.32 Å². The summed E-state index contributed by atoms with van der Waals surface area (Å²) in [6.07, 6.45) is 0.498. The number of furan rings is 1. The van der Waals surface area contributed by atoms with Crippen LogP contribution in [-0.2, 0) is 16.0 Å². The van der Waals surface area contributed by atoms with E-state index in [4.69, 9.17) is 4.42 Å². The van der Waals surface area contributed by atoms with E-state index >= 15 is 0 Å². The predicted octanol–water partition coefficient (Wildman–Crippen LogP) is 1.76. The number of likely N-dealkylation sites (N-methyl/N-ethyl adjacent to an activating group) is 1. The number of para-hydroxylation sites is 1. The first-order valence-electron chi connectivity index (χ1n) is 8.38. The van der Waals surface area contributed by atoms with Crippen molar-refractivity contribution in [2.75, 3.05) is 19.6 Å². The second-order valence-corrected chi connectivity index (χ2v) is 6.15. The highest BCUT2D eigenvalue weighted by molar-refractivity contribution is 6.38. The summed E-state index contributed by atoms with van der Waals surface area (Å²) in [4.78, 5) is 38.7. The standard InChI is InChI=1S/C18H21N3O4/c1-3-20-8-9-21(17(23)16(20)22)18(24)19-12(2)10-14-11-13-6-4-5-7-15(13)25-14/h4-7,11-12H,3,8-10H2,1-2H3,(H,19,24)/t12-/m0/s1. The van der Waals surface area contributed by atoms with Crippen molar-refractivity contribution in [3.63, 3.8) is 0 Å². The molecule has 0 radical (unpaired) electrons.